The van der Waals surface area contributed by atoms with E-state index in [1.165, 1.54) is 53.9 Å². The van der Waals surface area contributed by atoms with Gasteiger partial charge < -0.3 is 0 Å². The van der Waals surface area contributed by atoms with E-state index in [0.29, 0.717) is 0 Å². The van der Waals surface area contributed by atoms with Crippen LogP contribution in [0.15, 0.2) is 47.2 Å². The summed E-state index contributed by atoms with van der Waals surface area (Å²) in [7, 11) is 0. The topological polar surface area (TPSA) is 0 Å². The first-order valence-corrected chi connectivity index (χ1v) is 11.0. The first-order chi connectivity index (χ1) is 12.4. The lowest BCUT2D eigenvalue weighted by molar-refractivity contribution is 0.640. The van der Waals surface area contributed by atoms with Crippen molar-refractivity contribution in [2.45, 2.75) is 38.5 Å². The number of hydrogen-bond donors (Lipinski definition) is 0. The van der Waals surface area contributed by atoms with Gasteiger partial charge >= 0.3 is 0 Å². The summed E-state index contributed by atoms with van der Waals surface area (Å²) in [6, 6.07) is 14.2. The fourth-order valence-electron chi connectivity index (χ4n) is 5.23. The molecule has 0 N–H and O–H groups in total. The molecule has 0 atom stereocenters. The molecular formula is C24H20S2. The van der Waals surface area contributed by atoms with E-state index in [-0.39, 0.29) is 10.8 Å². The monoisotopic (exact) mass is 372 g/mol. The molecule has 4 aromatic rings. The minimum Gasteiger partial charge on any atom is -0.143 e. The second-order valence-corrected chi connectivity index (χ2v) is 10.5. The van der Waals surface area contributed by atoms with E-state index in [4.69, 9.17) is 0 Å². The maximum absolute atomic E-state index is 2.40. The van der Waals surface area contributed by atoms with Crippen molar-refractivity contribution in [2.24, 2.45) is 0 Å². The molecule has 2 heteroatoms. The Morgan fingerprint density at radius 2 is 0.962 bits per heavy atom. The number of thiophene rings is 2. The highest BCUT2D eigenvalue weighted by Gasteiger charge is 2.40. The lowest BCUT2D eigenvalue weighted by Gasteiger charge is -2.38. The van der Waals surface area contributed by atoms with Gasteiger partial charge in [-0.25, -0.2) is 0 Å². The Kier molecular flexibility index (Phi) is 2.63. The molecule has 2 aliphatic rings. The molecular weight excluding hydrogens is 352 g/mol. The molecule has 2 aromatic carbocycles. The van der Waals surface area contributed by atoms with Gasteiger partial charge in [0.25, 0.3) is 0 Å². The molecule has 0 saturated heterocycles. The normalized spacial score (nSPS) is 17.8. The third kappa shape index (κ3) is 1.53. The molecule has 0 radical (unpaired) electrons. The van der Waals surface area contributed by atoms with Crippen molar-refractivity contribution in [1.82, 2.24) is 0 Å². The molecule has 6 rings (SSSR count). The number of fused-ring (bicyclic) bond motifs is 4. The van der Waals surface area contributed by atoms with Gasteiger partial charge in [0.05, 0.1) is 0 Å². The fourth-order valence-corrected chi connectivity index (χ4v) is 7.40. The van der Waals surface area contributed by atoms with Gasteiger partial charge in [0, 0.05) is 31.7 Å². The van der Waals surface area contributed by atoms with E-state index in [1.54, 1.807) is 0 Å². The number of benzene rings is 2. The summed E-state index contributed by atoms with van der Waals surface area (Å²) in [4.78, 5) is 2.92. The minimum atomic E-state index is 0.0549. The standard InChI is InChI=1S/C24H20S2/c1-23(2)15-7-5-14-20-16(24(3,4)18-10-12-26-22(14)18)8-6-13(19(15)20)21-17(23)9-11-25-21/h5-12H,1-4H3. The summed E-state index contributed by atoms with van der Waals surface area (Å²) in [5.74, 6) is 0. The van der Waals surface area contributed by atoms with Crippen molar-refractivity contribution in [3.8, 4) is 20.9 Å². The van der Waals surface area contributed by atoms with Gasteiger partial charge in [-0.05, 0) is 55.9 Å². The molecule has 0 aliphatic heterocycles. The Hall–Kier alpha value is -1.90. The summed E-state index contributed by atoms with van der Waals surface area (Å²) in [5, 5.41) is 7.50. The van der Waals surface area contributed by atoms with E-state index < -0.39 is 0 Å². The summed E-state index contributed by atoms with van der Waals surface area (Å²) in [5.41, 5.74) is 8.89. The van der Waals surface area contributed by atoms with Crippen LogP contribution < -0.4 is 0 Å². The predicted octanol–water partition coefficient (Wildman–Crippen LogP) is 7.58. The van der Waals surface area contributed by atoms with Gasteiger partial charge in [-0.1, -0.05) is 52.0 Å². The number of rotatable bonds is 0. The molecule has 0 amide bonds. The highest BCUT2D eigenvalue weighted by atomic mass is 32.1. The van der Waals surface area contributed by atoms with Crippen LogP contribution in [0.25, 0.3) is 31.7 Å². The van der Waals surface area contributed by atoms with Crippen molar-refractivity contribution in [2.75, 3.05) is 0 Å². The molecule has 0 nitrogen and oxygen atoms in total. The second kappa shape index (κ2) is 4.49. The van der Waals surface area contributed by atoms with E-state index in [0.717, 1.165) is 0 Å². The van der Waals surface area contributed by atoms with Gasteiger partial charge in [-0.3, -0.25) is 0 Å². The van der Waals surface area contributed by atoms with Crippen molar-refractivity contribution < 1.29 is 0 Å². The lowest BCUT2D eigenvalue weighted by Crippen LogP contribution is -2.26. The quantitative estimate of drug-likeness (QED) is 0.298. The maximum atomic E-state index is 2.40. The average Bonchev–Trinajstić information content (AvgIpc) is 3.28. The molecule has 0 bridgehead atoms. The fraction of sp³-hybridized carbons (Fsp3) is 0.250. The highest BCUT2D eigenvalue weighted by Crippen LogP contribution is 2.57. The van der Waals surface area contributed by atoms with Crippen LogP contribution in [-0.4, -0.2) is 0 Å². The third-order valence-electron chi connectivity index (χ3n) is 6.67. The molecule has 26 heavy (non-hydrogen) atoms. The van der Waals surface area contributed by atoms with Crippen molar-refractivity contribution in [1.29, 1.82) is 0 Å². The van der Waals surface area contributed by atoms with Crippen LogP contribution in [0, 0.1) is 0 Å². The first kappa shape index (κ1) is 15.2. The summed E-state index contributed by atoms with van der Waals surface area (Å²) in [6.07, 6.45) is 0. The van der Waals surface area contributed by atoms with E-state index in [9.17, 15) is 0 Å². The second-order valence-electron chi connectivity index (χ2n) is 8.65. The van der Waals surface area contributed by atoms with Crippen LogP contribution >= 0.6 is 22.7 Å². The van der Waals surface area contributed by atoms with Gasteiger partial charge in [-0.2, -0.15) is 0 Å². The highest BCUT2D eigenvalue weighted by molar-refractivity contribution is 7.14. The largest absolute Gasteiger partial charge is 0.143 e. The Balaban J connectivity index is 1.89. The van der Waals surface area contributed by atoms with Crippen LogP contribution in [-0.2, 0) is 10.8 Å². The molecule has 2 aromatic heterocycles. The first-order valence-electron chi connectivity index (χ1n) is 9.20. The van der Waals surface area contributed by atoms with E-state index in [1.807, 2.05) is 22.7 Å². The molecule has 0 saturated carbocycles. The van der Waals surface area contributed by atoms with Gasteiger partial charge in [0.2, 0.25) is 0 Å². The number of hydrogen-bond acceptors (Lipinski definition) is 2. The lowest BCUT2D eigenvalue weighted by atomic mass is 9.65. The van der Waals surface area contributed by atoms with Crippen LogP contribution in [0.1, 0.15) is 49.9 Å². The summed E-state index contributed by atoms with van der Waals surface area (Å²) in [6.45, 7) is 9.54. The third-order valence-corrected chi connectivity index (χ3v) is 8.57. The maximum Gasteiger partial charge on any atom is 0.0389 e. The van der Waals surface area contributed by atoms with Gasteiger partial charge in [0.1, 0.15) is 0 Å². The summed E-state index contributed by atoms with van der Waals surface area (Å²) < 4.78 is 0. The average molecular weight is 373 g/mol. The molecule has 0 spiro atoms. The summed E-state index contributed by atoms with van der Waals surface area (Å²) >= 11 is 3.78. The Bertz CT molecular complexity index is 1130. The SMILES string of the molecule is CC1(C)c2ccsc2-c2ccc3c4c(ccc1c24)-c1sccc1C3(C)C. The Morgan fingerprint density at radius 1 is 0.538 bits per heavy atom. The van der Waals surface area contributed by atoms with E-state index >= 15 is 0 Å². The zero-order valence-electron chi connectivity index (χ0n) is 15.4. The van der Waals surface area contributed by atoms with Crippen LogP contribution in [0.3, 0.4) is 0 Å². The minimum absolute atomic E-state index is 0.0549. The van der Waals surface area contributed by atoms with Crippen molar-refractivity contribution in [3.05, 3.63) is 69.4 Å². The molecule has 0 unspecified atom stereocenters. The van der Waals surface area contributed by atoms with Gasteiger partial charge in [-0.15, -0.1) is 22.7 Å². The molecule has 2 aliphatic carbocycles. The smallest absolute Gasteiger partial charge is 0.0389 e. The Labute approximate surface area is 162 Å². The Morgan fingerprint density at radius 3 is 1.38 bits per heavy atom. The van der Waals surface area contributed by atoms with E-state index in [2.05, 4.69) is 74.9 Å². The molecule has 128 valence electrons. The van der Waals surface area contributed by atoms with Crippen LogP contribution in [0.2, 0.25) is 0 Å². The molecule has 0 fully saturated rings. The van der Waals surface area contributed by atoms with Crippen molar-refractivity contribution >= 4 is 33.4 Å². The predicted molar refractivity (Wildman–Crippen MR) is 115 cm³/mol. The molecule has 2 heterocycles. The van der Waals surface area contributed by atoms with Gasteiger partial charge in [0.15, 0.2) is 0 Å². The zero-order chi connectivity index (χ0) is 17.8. The van der Waals surface area contributed by atoms with Crippen LogP contribution in [0.5, 0.6) is 0 Å². The van der Waals surface area contributed by atoms with Crippen molar-refractivity contribution in [3.63, 3.8) is 0 Å². The zero-order valence-corrected chi connectivity index (χ0v) is 17.1. The van der Waals surface area contributed by atoms with Crippen LogP contribution in [0.4, 0.5) is 0 Å².